The van der Waals surface area contributed by atoms with Gasteiger partial charge in [0, 0.05) is 28.9 Å². The first-order valence-corrected chi connectivity index (χ1v) is 6.27. The predicted octanol–water partition coefficient (Wildman–Crippen LogP) is 4.11. The number of halogens is 2. The molecule has 0 saturated carbocycles. The highest BCUT2D eigenvalue weighted by Gasteiger charge is 2.11. The fourth-order valence-corrected chi connectivity index (χ4v) is 2.04. The first kappa shape index (κ1) is 13.1. The minimum Gasteiger partial charge on any atom is -0.373 e. The van der Waals surface area contributed by atoms with Crippen LogP contribution in [0.1, 0.15) is 11.3 Å². The van der Waals surface area contributed by atoms with Crippen molar-refractivity contribution in [2.75, 3.05) is 12.4 Å². The van der Waals surface area contributed by atoms with Gasteiger partial charge in [-0.15, -0.1) is 0 Å². The van der Waals surface area contributed by atoms with Crippen LogP contribution in [0.3, 0.4) is 0 Å². The van der Waals surface area contributed by atoms with E-state index in [2.05, 4.69) is 15.3 Å². The number of nitrogens with zero attached hydrogens (tertiary/aromatic N) is 2. The van der Waals surface area contributed by atoms with Crippen LogP contribution in [-0.4, -0.2) is 17.0 Å². The van der Waals surface area contributed by atoms with E-state index in [0.717, 1.165) is 22.6 Å². The van der Waals surface area contributed by atoms with Crippen molar-refractivity contribution in [3.63, 3.8) is 0 Å². The lowest BCUT2D eigenvalue weighted by Gasteiger charge is -2.10. The number of anilines is 1. The molecule has 3 nitrogen and oxygen atoms in total. The molecule has 94 valence electrons. The van der Waals surface area contributed by atoms with Crippen LogP contribution < -0.4 is 5.32 Å². The molecule has 5 heteroatoms. The normalized spacial score (nSPS) is 10.5. The second kappa shape index (κ2) is 5.12. The van der Waals surface area contributed by atoms with Gasteiger partial charge in [-0.2, -0.15) is 0 Å². The van der Waals surface area contributed by atoms with E-state index in [1.54, 1.807) is 18.2 Å². The van der Waals surface area contributed by atoms with E-state index in [9.17, 15) is 0 Å². The lowest BCUT2D eigenvalue weighted by atomic mass is 10.2. The number of rotatable bonds is 2. The molecule has 0 radical (unpaired) electrons. The molecule has 0 fully saturated rings. The zero-order valence-electron chi connectivity index (χ0n) is 10.4. The Hall–Kier alpha value is -1.32. The number of aryl methyl sites for hydroxylation is 1. The lowest BCUT2D eigenvalue weighted by molar-refractivity contribution is 1.07. The molecule has 2 aromatic rings. The van der Waals surface area contributed by atoms with E-state index in [4.69, 9.17) is 23.2 Å². The van der Waals surface area contributed by atoms with Crippen LogP contribution in [0.2, 0.25) is 10.0 Å². The van der Waals surface area contributed by atoms with Crippen molar-refractivity contribution in [3.8, 4) is 11.4 Å². The minimum absolute atomic E-state index is 0.579. The predicted molar refractivity (Wildman–Crippen MR) is 76.5 cm³/mol. The van der Waals surface area contributed by atoms with Gasteiger partial charge in [0.2, 0.25) is 0 Å². The first-order valence-electron chi connectivity index (χ1n) is 5.51. The van der Waals surface area contributed by atoms with Crippen molar-refractivity contribution >= 4 is 29.0 Å². The first-order chi connectivity index (χ1) is 8.52. The van der Waals surface area contributed by atoms with Crippen LogP contribution in [0.4, 0.5) is 5.82 Å². The average molecular weight is 282 g/mol. The van der Waals surface area contributed by atoms with Gasteiger partial charge < -0.3 is 5.32 Å². The monoisotopic (exact) mass is 281 g/mol. The average Bonchev–Trinajstić information content (AvgIpc) is 2.35. The van der Waals surface area contributed by atoms with Gasteiger partial charge in [-0.25, -0.2) is 9.97 Å². The van der Waals surface area contributed by atoms with Crippen molar-refractivity contribution in [3.05, 3.63) is 39.5 Å². The third-order valence-corrected chi connectivity index (χ3v) is 3.36. The van der Waals surface area contributed by atoms with Gasteiger partial charge in [0.05, 0.1) is 5.02 Å². The second-order valence-electron chi connectivity index (χ2n) is 3.98. The van der Waals surface area contributed by atoms with E-state index in [0.29, 0.717) is 15.9 Å². The van der Waals surface area contributed by atoms with Crippen LogP contribution in [-0.2, 0) is 0 Å². The largest absolute Gasteiger partial charge is 0.373 e. The van der Waals surface area contributed by atoms with Crippen LogP contribution in [0, 0.1) is 13.8 Å². The molecule has 1 aromatic heterocycles. The van der Waals surface area contributed by atoms with Crippen LogP contribution in [0.25, 0.3) is 11.4 Å². The zero-order chi connectivity index (χ0) is 13.3. The Bertz CT molecular complexity index is 597. The molecule has 0 aliphatic heterocycles. The summed E-state index contributed by atoms with van der Waals surface area (Å²) in [6.45, 7) is 3.92. The molecule has 0 aliphatic carbocycles. The molecule has 1 heterocycles. The van der Waals surface area contributed by atoms with Gasteiger partial charge >= 0.3 is 0 Å². The molecule has 0 bridgehead atoms. The Kier molecular flexibility index (Phi) is 3.73. The molecule has 2 rings (SSSR count). The zero-order valence-corrected chi connectivity index (χ0v) is 11.9. The standard InChI is InChI=1S/C13H13Cl2N3/c1-7-8(2)17-13(18-12(7)16-3)10-6-9(14)4-5-11(10)15/h4-6H,1-3H3,(H,16,17,18). The van der Waals surface area contributed by atoms with Crippen molar-refractivity contribution in [2.45, 2.75) is 13.8 Å². The quantitative estimate of drug-likeness (QED) is 0.900. The molecular weight excluding hydrogens is 269 g/mol. The molecule has 0 atom stereocenters. The summed E-state index contributed by atoms with van der Waals surface area (Å²) in [4.78, 5) is 8.92. The maximum atomic E-state index is 6.16. The summed E-state index contributed by atoms with van der Waals surface area (Å²) in [6, 6.07) is 5.26. The maximum absolute atomic E-state index is 6.16. The summed E-state index contributed by atoms with van der Waals surface area (Å²) in [5.74, 6) is 1.38. The fourth-order valence-electron chi connectivity index (χ4n) is 1.66. The van der Waals surface area contributed by atoms with E-state index in [1.807, 2.05) is 20.9 Å². The van der Waals surface area contributed by atoms with Crippen LogP contribution in [0.5, 0.6) is 0 Å². The third-order valence-electron chi connectivity index (χ3n) is 2.80. The smallest absolute Gasteiger partial charge is 0.163 e. The number of hydrogen-bond donors (Lipinski definition) is 1. The number of aromatic nitrogens is 2. The van der Waals surface area contributed by atoms with Crippen molar-refractivity contribution in [1.29, 1.82) is 0 Å². The number of nitrogens with one attached hydrogen (secondary N) is 1. The lowest BCUT2D eigenvalue weighted by Crippen LogP contribution is -2.02. The van der Waals surface area contributed by atoms with Gasteiger partial charge in [0.15, 0.2) is 5.82 Å². The summed E-state index contributed by atoms with van der Waals surface area (Å²) < 4.78 is 0. The molecule has 18 heavy (non-hydrogen) atoms. The van der Waals surface area contributed by atoms with Crippen molar-refractivity contribution < 1.29 is 0 Å². The Labute approximate surface area is 116 Å². The summed E-state index contributed by atoms with van der Waals surface area (Å²) in [5, 5.41) is 4.25. The fraction of sp³-hybridized carbons (Fsp3) is 0.231. The molecule has 0 amide bonds. The van der Waals surface area contributed by atoms with Gasteiger partial charge in [-0.05, 0) is 32.0 Å². The summed E-state index contributed by atoms with van der Waals surface area (Å²) in [7, 11) is 1.83. The number of benzene rings is 1. The Morgan fingerprint density at radius 1 is 1.11 bits per heavy atom. The molecule has 0 spiro atoms. The molecule has 0 aliphatic rings. The van der Waals surface area contributed by atoms with Gasteiger partial charge in [-0.1, -0.05) is 23.2 Å². The Morgan fingerprint density at radius 3 is 2.50 bits per heavy atom. The summed E-state index contributed by atoms with van der Waals surface area (Å²) >= 11 is 12.1. The van der Waals surface area contributed by atoms with Gasteiger partial charge in [0.1, 0.15) is 5.82 Å². The highest BCUT2D eigenvalue weighted by atomic mass is 35.5. The molecule has 1 N–H and O–H groups in total. The Morgan fingerprint density at radius 2 is 1.83 bits per heavy atom. The highest BCUT2D eigenvalue weighted by molar-refractivity contribution is 6.35. The molecule has 0 saturated heterocycles. The Balaban J connectivity index is 2.64. The molecular formula is C13H13Cl2N3. The van der Waals surface area contributed by atoms with Crippen molar-refractivity contribution in [2.24, 2.45) is 0 Å². The topological polar surface area (TPSA) is 37.8 Å². The van der Waals surface area contributed by atoms with Crippen LogP contribution >= 0.6 is 23.2 Å². The third kappa shape index (κ3) is 2.42. The van der Waals surface area contributed by atoms with Gasteiger partial charge in [-0.3, -0.25) is 0 Å². The van der Waals surface area contributed by atoms with E-state index < -0.39 is 0 Å². The van der Waals surface area contributed by atoms with Gasteiger partial charge in [0.25, 0.3) is 0 Å². The second-order valence-corrected chi connectivity index (χ2v) is 4.82. The maximum Gasteiger partial charge on any atom is 0.163 e. The minimum atomic E-state index is 0.579. The summed E-state index contributed by atoms with van der Waals surface area (Å²) in [5.41, 5.74) is 2.68. The molecule has 1 aromatic carbocycles. The SMILES string of the molecule is CNc1nc(-c2cc(Cl)ccc2Cl)nc(C)c1C. The molecule has 0 unspecified atom stereocenters. The summed E-state index contributed by atoms with van der Waals surface area (Å²) in [6.07, 6.45) is 0. The van der Waals surface area contributed by atoms with Crippen LogP contribution in [0.15, 0.2) is 18.2 Å². The van der Waals surface area contributed by atoms with Crippen molar-refractivity contribution in [1.82, 2.24) is 9.97 Å². The van der Waals surface area contributed by atoms with E-state index in [-0.39, 0.29) is 0 Å². The number of hydrogen-bond acceptors (Lipinski definition) is 3. The van der Waals surface area contributed by atoms with E-state index in [1.165, 1.54) is 0 Å². The van der Waals surface area contributed by atoms with E-state index >= 15 is 0 Å². The highest BCUT2D eigenvalue weighted by Crippen LogP contribution is 2.30.